The lowest BCUT2D eigenvalue weighted by Crippen LogP contribution is -1.89. The first-order valence-electron chi connectivity index (χ1n) is 30.2. The fourth-order valence-corrected chi connectivity index (χ4v) is 7.44. The lowest BCUT2D eigenvalue weighted by atomic mass is 10.0. The predicted octanol–water partition coefficient (Wildman–Crippen LogP) is 24.2. The third-order valence-corrected chi connectivity index (χ3v) is 13.3. The normalized spacial score (nSPS) is 9.30. The Morgan fingerprint density at radius 1 is 0.204 bits per heavy atom. The fraction of sp³-hybridized carbons (Fsp3) is 0.169. The summed E-state index contributed by atoms with van der Waals surface area (Å²) in [5.74, 6) is -6.10. The molecule has 0 unspecified atom stereocenters. The molecule has 0 aliphatic carbocycles. The number of hydrogen-bond acceptors (Lipinski definition) is 3. The molecule has 510 valence electrons. The van der Waals surface area contributed by atoms with Crippen molar-refractivity contribution >= 4 is 0 Å². The SMILES string of the molecule is Cc1c(F)cc(F)cc1F.Cc1c(F)cccc1F.Cc1cc(C)c(C)c(C)c1.Cc1cc(F)cc(F)c1.Cc1ccc(C#N)cc1.Cc1ccc(F)cc1.Cc1ccc(F)cc1F.Cc1cccc(C#N)c1.Cc1cccc(F)c1.Cc1ccccc1C#N.Cc1ccccc1F. The van der Waals surface area contributed by atoms with E-state index in [0.717, 1.165) is 51.1 Å². The van der Waals surface area contributed by atoms with Gasteiger partial charge in [-0.2, -0.15) is 15.8 Å². The van der Waals surface area contributed by atoms with Gasteiger partial charge in [-0.15, -0.1) is 0 Å². The molecular weight excluding hydrogens is 1270 g/mol. The van der Waals surface area contributed by atoms with E-state index in [1.807, 2.05) is 113 Å². The molecule has 0 aliphatic heterocycles. The van der Waals surface area contributed by atoms with E-state index in [9.17, 15) is 52.7 Å². The van der Waals surface area contributed by atoms with Crippen LogP contribution in [-0.2, 0) is 0 Å². The maximum Gasteiger partial charge on any atom is 0.131 e. The monoisotopic (exact) mass is 1350 g/mol. The smallest absolute Gasteiger partial charge is 0.131 e. The summed E-state index contributed by atoms with van der Waals surface area (Å²) < 4.78 is 147. The molecule has 0 fully saturated rings. The van der Waals surface area contributed by atoms with Crippen LogP contribution in [0.2, 0.25) is 0 Å². The molecule has 15 heteroatoms. The first-order valence-corrected chi connectivity index (χ1v) is 30.2. The van der Waals surface area contributed by atoms with Crippen LogP contribution in [-0.4, -0.2) is 0 Å². The lowest BCUT2D eigenvalue weighted by molar-refractivity contribution is 0.532. The van der Waals surface area contributed by atoms with Gasteiger partial charge in [0.2, 0.25) is 0 Å². The van der Waals surface area contributed by atoms with Crippen molar-refractivity contribution in [2.45, 2.75) is 96.9 Å². The number of aryl methyl sites for hydroxylation is 11. The third-order valence-electron chi connectivity index (χ3n) is 13.3. The van der Waals surface area contributed by atoms with Crippen molar-refractivity contribution in [3.8, 4) is 18.2 Å². The molecule has 0 saturated heterocycles. The summed E-state index contributed by atoms with van der Waals surface area (Å²) in [5, 5.41) is 25.3. The van der Waals surface area contributed by atoms with E-state index >= 15 is 0 Å². The Labute approximate surface area is 569 Å². The number of benzene rings is 11. The Kier molecular flexibility index (Phi) is 40.1. The fourth-order valence-electron chi connectivity index (χ4n) is 7.44. The van der Waals surface area contributed by atoms with E-state index in [0.29, 0.717) is 28.8 Å². The molecule has 0 bridgehead atoms. The molecule has 3 nitrogen and oxygen atoms in total. The molecule has 0 atom stereocenters. The summed E-state index contributed by atoms with van der Waals surface area (Å²) in [4.78, 5) is 0. The highest BCUT2D eigenvalue weighted by molar-refractivity contribution is 5.37. The van der Waals surface area contributed by atoms with Gasteiger partial charge in [-0.1, -0.05) is 126 Å². The summed E-state index contributed by atoms with van der Waals surface area (Å²) in [6, 6.07) is 64.9. The lowest BCUT2D eigenvalue weighted by Gasteiger charge is -2.04. The third kappa shape index (κ3) is 36.6. The summed E-state index contributed by atoms with van der Waals surface area (Å²) in [6.07, 6.45) is 0. The molecule has 0 heterocycles. The van der Waals surface area contributed by atoms with Crippen LogP contribution < -0.4 is 0 Å². The highest BCUT2D eigenvalue weighted by Crippen LogP contribution is 2.16. The van der Waals surface area contributed by atoms with Crippen LogP contribution in [0.4, 0.5) is 52.7 Å². The number of hydrogen-bond donors (Lipinski definition) is 0. The second-order valence-electron chi connectivity index (χ2n) is 21.9. The van der Waals surface area contributed by atoms with E-state index in [-0.39, 0.29) is 28.6 Å². The van der Waals surface area contributed by atoms with Crippen molar-refractivity contribution < 1.29 is 52.7 Å². The van der Waals surface area contributed by atoms with E-state index in [1.54, 1.807) is 57.2 Å². The molecule has 0 aromatic heterocycles. The number of nitriles is 3. The zero-order valence-corrected chi connectivity index (χ0v) is 57.2. The van der Waals surface area contributed by atoms with Crippen LogP contribution in [0, 0.1) is 201 Å². The summed E-state index contributed by atoms with van der Waals surface area (Å²) in [6.45, 7) is 26.0. The predicted molar refractivity (Wildman–Crippen MR) is 371 cm³/mol. The van der Waals surface area contributed by atoms with Crippen molar-refractivity contribution in [2.24, 2.45) is 0 Å². The Balaban J connectivity index is 0.000000539. The van der Waals surface area contributed by atoms with Gasteiger partial charge in [0.25, 0.3) is 0 Å². The Morgan fingerprint density at radius 3 is 0.949 bits per heavy atom. The average molecular weight is 1350 g/mol. The topological polar surface area (TPSA) is 71.4 Å². The molecule has 0 radical (unpaired) electrons. The van der Waals surface area contributed by atoms with Crippen LogP contribution in [0.1, 0.15) is 94.6 Å². The van der Waals surface area contributed by atoms with Crippen molar-refractivity contribution in [2.75, 3.05) is 0 Å². The number of halogens is 12. The van der Waals surface area contributed by atoms with Gasteiger partial charge in [0, 0.05) is 35.4 Å². The van der Waals surface area contributed by atoms with Gasteiger partial charge in [-0.25, -0.2) is 52.7 Å². The van der Waals surface area contributed by atoms with Gasteiger partial charge in [0.1, 0.15) is 69.8 Å². The van der Waals surface area contributed by atoms with Crippen LogP contribution >= 0.6 is 0 Å². The van der Waals surface area contributed by atoms with E-state index in [4.69, 9.17) is 15.8 Å². The minimum Gasteiger partial charge on any atom is -0.207 e. The molecule has 11 aromatic carbocycles. The number of nitrogens with zero attached hydrogens (tertiary/aromatic N) is 3. The van der Waals surface area contributed by atoms with Crippen LogP contribution in [0.3, 0.4) is 0 Å². The molecule has 0 amide bonds. The first kappa shape index (κ1) is 85.1. The standard InChI is InChI=1S/C10H14.3C8H7N.C7H5F3.3C7H6F2.3C7H7F/c1-7-5-8(2)10(4)9(3)6-7;1-7-2-4-8(6-9)5-3-7;1-7-3-2-4-8(5-7)6-9;1-7-4-2-3-5-8(7)6-9;1-4-6(9)2-5(8)3-7(4)10;1-5-2-6(8)4-7(9)3-5;1-5-2-3-6(8)4-7(5)9;1-5-6(8)3-2-4-7(5)9;1-6-2-4-7(8)5-3-6;1-6-3-2-4-7(8)5-6;1-6-4-2-3-5-7(6)8/h5-6H,1-4H3;3*2-5H,1H3;2-3H,1H3;3*2-4H,1H3;3*2-5H,1H3. The Morgan fingerprint density at radius 2 is 0.582 bits per heavy atom. The Bertz CT molecular complexity index is 4110. The quantitative estimate of drug-likeness (QED) is 0.142. The van der Waals surface area contributed by atoms with Crippen LogP contribution in [0.15, 0.2) is 224 Å². The molecular formula is C83H79F12N3. The molecule has 11 rings (SSSR count). The summed E-state index contributed by atoms with van der Waals surface area (Å²) >= 11 is 0. The molecule has 0 aliphatic rings. The van der Waals surface area contributed by atoms with Gasteiger partial charge in [-0.3, -0.25) is 0 Å². The summed E-state index contributed by atoms with van der Waals surface area (Å²) in [5.41, 5.74) is 14.9. The Hall–Kier alpha value is -11.0. The zero-order chi connectivity index (χ0) is 74.0. The minimum atomic E-state index is -0.888. The largest absolute Gasteiger partial charge is 0.207 e. The first-order chi connectivity index (χ1) is 46.2. The molecule has 0 saturated carbocycles. The molecule has 11 aromatic rings. The highest BCUT2D eigenvalue weighted by atomic mass is 19.2. The molecule has 98 heavy (non-hydrogen) atoms. The second-order valence-corrected chi connectivity index (χ2v) is 21.9. The maximum atomic E-state index is 12.4. The molecule has 0 spiro atoms. The van der Waals surface area contributed by atoms with E-state index in [1.165, 1.54) is 114 Å². The van der Waals surface area contributed by atoms with Crippen molar-refractivity contribution in [1.29, 1.82) is 15.8 Å². The van der Waals surface area contributed by atoms with Crippen LogP contribution in [0.5, 0.6) is 0 Å². The highest BCUT2D eigenvalue weighted by Gasteiger charge is 2.06. The van der Waals surface area contributed by atoms with Gasteiger partial charge in [0.15, 0.2) is 0 Å². The zero-order valence-electron chi connectivity index (χ0n) is 57.2. The van der Waals surface area contributed by atoms with Crippen molar-refractivity contribution in [3.05, 3.63) is 389 Å². The second kappa shape index (κ2) is 46.2. The van der Waals surface area contributed by atoms with Gasteiger partial charge in [-0.05, 0) is 238 Å². The number of rotatable bonds is 0. The van der Waals surface area contributed by atoms with Crippen molar-refractivity contribution in [3.63, 3.8) is 0 Å². The van der Waals surface area contributed by atoms with E-state index < -0.39 is 52.4 Å². The van der Waals surface area contributed by atoms with Gasteiger partial charge >= 0.3 is 0 Å². The summed E-state index contributed by atoms with van der Waals surface area (Å²) in [7, 11) is 0. The minimum absolute atomic E-state index is 0.0810. The van der Waals surface area contributed by atoms with E-state index in [2.05, 4.69) is 58.0 Å². The van der Waals surface area contributed by atoms with Crippen LogP contribution in [0.25, 0.3) is 0 Å². The van der Waals surface area contributed by atoms with Gasteiger partial charge < -0.3 is 0 Å². The molecule has 0 N–H and O–H groups in total. The van der Waals surface area contributed by atoms with Gasteiger partial charge in [0.05, 0.1) is 34.9 Å². The van der Waals surface area contributed by atoms with Crippen molar-refractivity contribution in [1.82, 2.24) is 0 Å². The maximum absolute atomic E-state index is 12.4. The average Bonchev–Trinajstić information content (AvgIpc) is 0.909.